The third kappa shape index (κ3) is 3.54. The van der Waals surface area contributed by atoms with Gasteiger partial charge in [-0.3, -0.25) is 0 Å². The number of rotatable bonds is 4. The smallest absolute Gasteiger partial charge is 0.117 e. The summed E-state index contributed by atoms with van der Waals surface area (Å²) in [6, 6.07) is 0. The average molecular weight is 255 g/mol. The number of aromatic nitrogens is 1. The molecular weight excluding hydrogens is 246 g/mol. The van der Waals surface area contributed by atoms with E-state index in [-0.39, 0.29) is 0 Å². The first-order valence-electron chi connectivity index (χ1n) is 3.49. The summed E-state index contributed by atoms with van der Waals surface area (Å²) in [5, 5.41) is 3.21. The van der Waals surface area contributed by atoms with Crippen LogP contribution in [0.2, 0.25) is 0 Å². The van der Waals surface area contributed by atoms with E-state index >= 15 is 0 Å². The fourth-order valence-corrected chi connectivity index (χ4v) is 2.27. The third-order valence-electron chi connectivity index (χ3n) is 1.30. The van der Waals surface area contributed by atoms with Crippen molar-refractivity contribution >= 4 is 38.9 Å². The quantitative estimate of drug-likeness (QED) is 0.592. The monoisotopic (exact) mass is 253 g/mol. The molecule has 1 aromatic rings. The van der Waals surface area contributed by atoms with Gasteiger partial charge in [-0.15, -0.1) is 22.9 Å². The van der Waals surface area contributed by atoms with Gasteiger partial charge in [-0.1, -0.05) is 0 Å². The van der Waals surface area contributed by atoms with Crippen LogP contribution in [0.3, 0.4) is 0 Å². The van der Waals surface area contributed by atoms with E-state index in [9.17, 15) is 0 Å². The molecule has 0 aliphatic carbocycles. The number of hydrogen-bond acceptors (Lipinski definition) is 2. The lowest BCUT2D eigenvalue weighted by atomic mass is 10.3. The van der Waals surface area contributed by atoms with Crippen LogP contribution in [-0.4, -0.2) is 10.9 Å². The Morgan fingerprint density at radius 2 is 2.36 bits per heavy atom. The number of halogens is 2. The molecule has 0 saturated carbocycles. The van der Waals surface area contributed by atoms with Gasteiger partial charge in [0, 0.05) is 11.3 Å². The van der Waals surface area contributed by atoms with E-state index in [0.29, 0.717) is 0 Å². The molecule has 0 N–H and O–H groups in total. The number of aryl methyl sites for hydroxylation is 1. The van der Waals surface area contributed by atoms with Crippen molar-refractivity contribution in [3.8, 4) is 0 Å². The number of unbranched alkanes of at least 4 members (excludes halogenated alkanes) is 1. The Morgan fingerprint density at radius 3 is 2.91 bits per heavy atom. The average Bonchev–Trinajstić information content (AvgIpc) is 2.37. The van der Waals surface area contributed by atoms with E-state index in [1.165, 1.54) is 5.01 Å². The summed E-state index contributed by atoms with van der Waals surface area (Å²) in [6.45, 7) is 0. The zero-order chi connectivity index (χ0) is 8.10. The number of hydrogen-bond donors (Lipinski definition) is 0. The van der Waals surface area contributed by atoms with Gasteiger partial charge >= 0.3 is 0 Å². The fraction of sp³-hybridized carbons (Fsp3) is 0.571. The summed E-state index contributed by atoms with van der Waals surface area (Å²) in [6.07, 6.45) is 3.28. The lowest BCUT2D eigenvalue weighted by Crippen LogP contribution is -1.84. The molecule has 0 aromatic carbocycles. The number of thiazole rings is 1. The normalized spacial score (nSPS) is 10.4. The second-order valence-corrected chi connectivity index (χ2v) is 4.34. The minimum Gasteiger partial charge on any atom is -0.234 e. The van der Waals surface area contributed by atoms with Gasteiger partial charge in [0.05, 0.1) is 5.01 Å². The van der Waals surface area contributed by atoms with Crippen LogP contribution >= 0.6 is 38.9 Å². The highest BCUT2D eigenvalue weighted by Gasteiger charge is 1.97. The molecule has 0 saturated heterocycles. The predicted molar refractivity (Wildman–Crippen MR) is 53.5 cm³/mol. The largest absolute Gasteiger partial charge is 0.234 e. The first kappa shape index (κ1) is 9.49. The highest BCUT2D eigenvalue weighted by Crippen LogP contribution is 2.16. The molecule has 0 aliphatic heterocycles. The molecule has 1 nitrogen and oxygen atoms in total. The molecule has 0 fully saturated rings. The van der Waals surface area contributed by atoms with Crippen LogP contribution in [-0.2, 0) is 6.42 Å². The van der Waals surface area contributed by atoms with E-state index in [4.69, 9.17) is 11.6 Å². The van der Waals surface area contributed by atoms with E-state index in [0.717, 1.165) is 29.7 Å². The van der Waals surface area contributed by atoms with Gasteiger partial charge in [0.2, 0.25) is 0 Å². The Bertz CT molecular complexity index is 214. The molecule has 1 aromatic heterocycles. The topological polar surface area (TPSA) is 12.9 Å². The maximum atomic E-state index is 5.55. The first-order valence-corrected chi connectivity index (χ1v) is 5.69. The van der Waals surface area contributed by atoms with Crippen molar-refractivity contribution in [2.24, 2.45) is 0 Å². The van der Waals surface area contributed by atoms with Gasteiger partial charge in [0.1, 0.15) is 4.60 Å². The second-order valence-electron chi connectivity index (χ2n) is 2.21. The van der Waals surface area contributed by atoms with E-state index in [1.807, 2.05) is 5.38 Å². The summed E-state index contributed by atoms with van der Waals surface area (Å²) >= 11 is 10.6. The third-order valence-corrected chi connectivity index (χ3v) is 3.18. The van der Waals surface area contributed by atoms with Gasteiger partial charge in [0.25, 0.3) is 0 Å². The van der Waals surface area contributed by atoms with Gasteiger partial charge < -0.3 is 0 Å². The lowest BCUT2D eigenvalue weighted by molar-refractivity contribution is 0.793. The Labute approximate surface area is 83.9 Å². The van der Waals surface area contributed by atoms with Crippen molar-refractivity contribution in [2.45, 2.75) is 19.3 Å². The van der Waals surface area contributed by atoms with Crippen molar-refractivity contribution in [1.82, 2.24) is 4.98 Å². The van der Waals surface area contributed by atoms with Crippen molar-refractivity contribution in [3.63, 3.8) is 0 Å². The number of alkyl halides is 1. The van der Waals surface area contributed by atoms with Crippen LogP contribution in [0.5, 0.6) is 0 Å². The minimum atomic E-state index is 0.756. The lowest BCUT2D eigenvalue weighted by Gasteiger charge is -1.91. The molecule has 62 valence electrons. The highest BCUT2D eigenvalue weighted by molar-refractivity contribution is 9.10. The molecule has 0 atom stereocenters. The van der Waals surface area contributed by atoms with E-state index in [2.05, 4.69) is 20.9 Å². The highest BCUT2D eigenvalue weighted by atomic mass is 79.9. The first-order chi connectivity index (χ1) is 5.33. The Morgan fingerprint density at radius 1 is 1.55 bits per heavy atom. The van der Waals surface area contributed by atoms with E-state index in [1.54, 1.807) is 11.3 Å². The second kappa shape index (κ2) is 5.12. The molecule has 0 radical (unpaired) electrons. The molecule has 0 aliphatic rings. The van der Waals surface area contributed by atoms with Crippen LogP contribution in [0.15, 0.2) is 9.98 Å². The van der Waals surface area contributed by atoms with Crippen LogP contribution < -0.4 is 0 Å². The van der Waals surface area contributed by atoms with Crippen molar-refractivity contribution in [2.75, 3.05) is 5.88 Å². The SMILES string of the molecule is ClCCCCc1nc(Br)cs1. The Balaban J connectivity index is 2.27. The van der Waals surface area contributed by atoms with Gasteiger partial charge in [-0.25, -0.2) is 4.98 Å². The van der Waals surface area contributed by atoms with Crippen LogP contribution in [0.1, 0.15) is 17.8 Å². The zero-order valence-corrected chi connectivity index (χ0v) is 9.18. The standard InChI is InChI=1S/C7H9BrClNS/c8-6-5-11-7(10-6)3-1-2-4-9/h5H,1-4H2. The molecule has 0 spiro atoms. The summed E-state index contributed by atoms with van der Waals surface area (Å²) in [5.41, 5.74) is 0. The van der Waals surface area contributed by atoms with Gasteiger partial charge in [-0.2, -0.15) is 0 Å². The summed E-state index contributed by atoms with van der Waals surface area (Å²) in [7, 11) is 0. The Kier molecular flexibility index (Phi) is 4.41. The molecule has 0 unspecified atom stereocenters. The molecule has 1 heterocycles. The summed E-state index contributed by atoms with van der Waals surface area (Å²) in [5.74, 6) is 0.756. The summed E-state index contributed by atoms with van der Waals surface area (Å²) < 4.78 is 0.948. The van der Waals surface area contributed by atoms with Crippen molar-refractivity contribution < 1.29 is 0 Å². The minimum absolute atomic E-state index is 0.756. The maximum absolute atomic E-state index is 5.55. The number of nitrogens with zero attached hydrogens (tertiary/aromatic N) is 1. The van der Waals surface area contributed by atoms with Crippen LogP contribution in [0.4, 0.5) is 0 Å². The molecular formula is C7H9BrClNS. The molecule has 0 bridgehead atoms. The summed E-state index contributed by atoms with van der Waals surface area (Å²) in [4.78, 5) is 4.27. The maximum Gasteiger partial charge on any atom is 0.117 e. The van der Waals surface area contributed by atoms with Crippen molar-refractivity contribution in [1.29, 1.82) is 0 Å². The van der Waals surface area contributed by atoms with Gasteiger partial charge in [-0.05, 0) is 35.2 Å². The van der Waals surface area contributed by atoms with Crippen molar-refractivity contribution in [3.05, 3.63) is 15.0 Å². The molecule has 0 amide bonds. The molecule has 11 heavy (non-hydrogen) atoms. The Hall–Kier alpha value is 0.400. The van der Waals surface area contributed by atoms with Crippen LogP contribution in [0.25, 0.3) is 0 Å². The van der Waals surface area contributed by atoms with Gasteiger partial charge in [0.15, 0.2) is 0 Å². The predicted octanol–water partition coefficient (Wildman–Crippen LogP) is 3.47. The van der Waals surface area contributed by atoms with E-state index < -0.39 is 0 Å². The molecule has 4 heteroatoms. The zero-order valence-electron chi connectivity index (χ0n) is 6.02. The van der Waals surface area contributed by atoms with Crippen LogP contribution in [0, 0.1) is 0 Å². The fourth-order valence-electron chi connectivity index (χ4n) is 0.774. The molecule has 1 rings (SSSR count).